The number of para-hydroxylation sites is 1. The molecule has 0 fully saturated rings. The molecule has 6 nitrogen and oxygen atoms in total. The Labute approximate surface area is 131 Å². The predicted molar refractivity (Wildman–Crippen MR) is 84.3 cm³/mol. The van der Waals surface area contributed by atoms with Gasteiger partial charge in [0.1, 0.15) is 4.21 Å². The van der Waals surface area contributed by atoms with Gasteiger partial charge in [-0.2, -0.15) is 0 Å². The van der Waals surface area contributed by atoms with E-state index in [9.17, 15) is 8.42 Å². The molecule has 3 aromatic rings. The van der Waals surface area contributed by atoms with E-state index in [1.54, 1.807) is 24.4 Å². The highest BCUT2D eigenvalue weighted by Crippen LogP contribution is 2.29. The Morgan fingerprint density at radius 2 is 1.95 bits per heavy atom. The number of nitrogens with zero attached hydrogens (tertiary/aromatic N) is 2. The van der Waals surface area contributed by atoms with Gasteiger partial charge in [-0.15, -0.1) is 21.5 Å². The number of rotatable bonds is 4. The average molecular weight is 335 g/mol. The van der Waals surface area contributed by atoms with E-state index < -0.39 is 10.0 Å². The minimum atomic E-state index is -3.64. The number of hydrogen-bond donors (Lipinski definition) is 1. The largest absolute Gasteiger partial charge is 0.421 e. The fraction of sp³-hybridized carbons (Fsp3) is 0.143. The van der Waals surface area contributed by atoms with Gasteiger partial charge in [-0.05, 0) is 24.6 Å². The van der Waals surface area contributed by atoms with Gasteiger partial charge in [0.15, 0.2) is 0 Å². The molecule has 3 rings (SSSR count). The third-order valence-electron chi connectivity index (χ3n) is 3.00. The van der Waals surface area contributed by atoms with Crippen molar-refractivity contribution in [2.75, 3.05) is 4.72 Å². The molecule has 1 N–H and O–H groups in total. The minimum absolute atomic E-state index is 0.196. The first kappa shape index (κ1) is 14.7. The van der Waals surface area contributed by atoms with E-state index in [0.29, 0.717) is 23.0 Å². The monoisotopic (exact) mass is 335 g/mol. The molecule has 2 heterocycles. The molecule has 0 aliphatic rings. The summed E-state index contributed by atoms with van der Waals surface area (Å²) in [6, 6.07) is 8.74. The van der Waals surface area contributed by atoms with Crippen molar-refractivity contribution in [3.8, 4) is 11.5 Å². The highest BCUT2D eigenvalue weighted by molar-refractivity contribution is 7.94. The van der Waals surface area contributed by atoms with E-state index in [4.69, 9.17) is 4.42 Å². The summed E-state index contributed by atoms with van der Waals surface area (Å²) in [6.45, 7) is 3.53. The molecule has 0 aliphatic heterocycles. The van der Waals surface area contributed by atoms with Gasteiger partial charge in [0.05, 0.1) is 11.3 Å². The lowest BCUT2D eigenvalue weighted by Gasteiger charge is -2.08. The Morgan fingerprint density at radius 3 is 2.64 bits per heavy atom. The van der Waals surface area contributed by atoms with Gasteiger partial charge in [-0.1, -0.05) is 18.2 Å². The summed E-state index contributed by atoms with van der Waals surface area (Å²) in [4.78, 5) is 0. The van der Waals surface area contributed by atoms with Crippen molar-refractivity contribution >= 4 is 27.0 Å². The standard InChI is InChI=1S/C14H13N3O3S2/c1-9-5-3-4-6-12(9)17-22(18,19)13-7-11(8-21-13)14-16-15-10(2)20-14/h3-8,17H,1-2H3. The minimum Gasteiger partial charge on any atom is -0.421 e. The molecule has 0 bridgehead atoms. The molecule has 0 amide bonds. The summed E-state index contributed by atoms with van der Waals surface area (Å²) in [7, 11) is -3.64. The van der Waals surface area contributed by atoms with Crippen molar-refractivity contribution in [3.63, 3.8) is 0 Å². The topological polar surface area (TPSA) is 85.1 Å². The summed E-state index contributed by atoms with van der Waals surface area (Å²) in [5.41, 5.74) is 2.01. The normalized spacial score (nSPS) is 11.5. The molecule has 114 valence electrons. The van der Waals surface area contributed by atoms with Gasteiger partial charge in [-0.3, -0.25) is 4.72 Å². The number of anilines is 1. The maximum atomic E-state index is 12.4. The Bertz CT molecular complexity index is 913. The second kappa shape index (κ2) is 5.54. The van der Waals surface area contributed by atoms with Gasteiger partial charge in [-0.25, -0.2) is 8.42 Å². The van der Waals surface area contributed by atoms with Crippen LogP contribution >= 0.6 is 11.3 Å². The summed E-state index contributed by atoms with van der Waals surface area (Å²) in [6.07, 6.45) is 0. The first-order valence-electron chi connectivity index (χ1n) is 6.43. The van der Waals surface area contributed by atoms with Gasteiger partial charge in [0.2, 0.25) is 11.8 Å². The first-order valence-corrected chi connectivity index (χ1v) is 8.79. The fourth-order valence-corrected chi connectivity index (χ4v) is 4.15. The molecular formula is C14H13N3O3S2. The highest BCUT2D eigenvalue weighted by Gasteiger charge is 2.19. The lowest BCUT2D eigenvalue weighted by atomic mass is 10.2. The van der Waals surface area contributed by atoms with Crippen molar-refractivity contribution in [1.29, 1.82) is 0 Å². The number of benzene rings is 1. The van der Waals surface area contributed by atoms with E-state index >= 15 is 0 Å². The zero-order valence-electron chi connectivity index (χ0n) is 11.9. The Kier molecular flexibility index (Phi) is 3.71. The van der Waals surface area contributed by atoms with Gasteiger partial charge >= 0.3 is 0 Å². The molecule has 0 saturated heterocycles. The molecule has 0 atom stereocenters. The summed E-state index contributed by atoms with van der Waals surface area (Å²) in [5, 5.41) is 9.30. The maximum Gasteiger partial charge on any atom is 0.271 e. The van der Waals surface area contributed by atoms with E-state index in [1.165, 1.54) is 6.07 Å². The van der Waals surface area contributed by atoms with Crippen LogP contribution in [0.15, 0.2) is 44.3 Å². The SMILES string of the molecule is Cc1nnc(-c2csc(S(=O)(=O)Nc3ccccc3C)c2)o1. The Hall–Kier alpha value is -2.19. The second-order valence-corrected chi connectivity index (χ2v) is 7.52. The van der Waals surface area contributed by atoms with Crippen molar-refractivity contribution in [2.24, 2.45) is 0 Å². The van der Waals surface area contributed by atoms with Crippen LogP contribution in [0.3, 0.4) is 0 Å². The third-order valence-corrected chi connectivity index (χ3v) is 5.81. The summed E-state index contributed by atoms with van der Waals surface area (Å²) < 4.78 is 33.0. The maximum absolute atomic E-state index is 12.4. The molecule has 0 spiro atoms. The van der Waals surface area contributed by atoms with Crippen molar-refractivity contribution < 1.29 is 12.8 Å². The van der Waals surface area contributed by atoms with Crippen LogP contribution in [-0.4, -0.2) is 18.6 Å². The van der Waals surface area contributed by atoms with Gasteiger partial charge in [0, 0.05) is 12.3 Å². The first-order chi connectivity index (χ1) is 10.5. The van der Waals surface area contributed by atoms with Crippen LogP contribution in [0, 0.1) is 13.8 Å². The molecular weight excluding hydrogens is 322 g/mol. The summed E-state index contributed by atoms with van der Waals surface area (Å²) in [5.74, 6) is 0.745. The van der Waals surface area contributed by atoms with E-state index in [0.717, 1.165) is 16.9 Å². The molecule has 8 heteroatoms. The van der Waals surface area contributed by atoms with E-state index in [-0.39, 0.29) is 4.21 Å². The van der Waals surface area contributed by atoms with Crippen molar-refractivity contribution in [2.45, 2.75) is 18.1 Å². The molecule has 22 heavy (non-hydrogen) atoms. The lowest BCUT2D eigenvalue weighted by Crippen LogP contribution is -2.12. The third kappa shape index (κ3) is 2.88. The molecule has 0 radical (unpaired) electrons. The lowest BCUT2D eigenvalue weighted by molar-refractivity contribution is 0.533. The molecule has 0 aliphatic carbocycles. The number of aromatic nitrogens is 2. The Morgan fingerprint density at radius 1 is 1.18 bits per heavy atom. The van der Waals surface area contributed by atoms with Crippen LogP contribution < -0.4 is 4.72 Å². The zero-order valence-corrected chi connectivity index (χ0v) is 13.5. The molecule has 0 unspecified atom stereocenters. The summed E-state index contributed by atoms with van der Waals surface area (Å²) >= 11 is 1.11. The predicted octanol–water partition coefficient (Wildman–Crippen LogP) is 3.22. The van der Waals surface area contributed by atoms with Crippen molar-refractivity contribution in [1.82, 2.24) is 10.2 Å². The number of hydrogen-bond acceptors (Lipinski definition) is 6. The van der Waals surface area contributed by atoms with Crippen LogP contribution in [0.1, 0.15) is 11.5 Å². The number of nitrogens with one attached hydrogen (secondary N) is 1. The van der Waals surface area contributed by atoms with Gasteiger partial charge < -0.3 is 4.42 Å². The number of aryl methyl sites for hydroxylation is 2. The second-order valence-electron chi connectivity index (χ2n) is 4.70. The average Bonchev–Trinajstić information content (AvgIpc) is 3.10. The van der Waals surface area contributed by atoms with Crippen LogP contribution in [0.4, 0.5) is 5.69 Å². The Balaban J connectivity index is 1.90. The highest BCUT2D eigenvalue weighted by atomic mass is 32.2. The van der Waals surface area contributed by atoms with Crippen LogP contribution in [-0.2, 0) is 10.0 Å². The van der Waals surface area contributed by atoms with E-state index in [2.05, 4.69) is 14.9 Å². The molecule has 2 aromatic heterocycles. The molecule has 0 saturated carbocycles. The van der Waals surface area contributed by atoms with Gasteiger partial charge in [0.25, 0.3) is 10.0 Å². The van der Waals surface area contributed by atoms with Crippen LogP contribution in [0.2, 0.25) is 0 Å². The van der Waals surface area contributed by atoms with Crippen molar-refractivity contribution in [3.05, 3.63) is 47.2 Å². The number of thiophene rings is 1. The quantitative estimate of drug-likeness (QED) is 0.791. The van der Waals surface area contributed by atoms with Crippen LogP contribution in [0.5, 0.6) is 0 Å². The molecule has 1 aromatic carbocycles. The van der Waals surface area contributed by atoms with Crippen LogP contribution in [0.25, 0.3) is 11.5 Å². The zero-order chi connectivity index (χ0) is 15.7. The smallest absolute Gasteiger partial charge is 0.271 e. The number of sulfonamides is 1. The fourth-order valence-electron chi connectivity index (χ4n) is 1.87. The van der Waals surface area contributed by atoms with E-state index in [1.807, 2.05) is 19.1 Å².